The third-order valence-electron chi connectivity index (χ3n) is 6.18. The summed E-state index contributed by atoms with van der Waals surface area (Å²) in [5.74, 6) is 0.723. The van der Waals surface area contributed by atoms with Crippen LogP contribution < -0.4 is 5.32 Å². The summed E-state index contributed by atoms with van der Waals surface area (Å²) < 4.78 is 2.09. The predicted octanol–water partition coefficient (Wildman–Crippen LogP) is 2.13. The van der Waals surface area contributed by atoms with Gasteiger partial charge < -0.3 is 5.32 Å². The highest BCUT2D eigenvalue weighted by Gasteiger charge is 2.44. The van der Waals surface area contributed by atoms with E-state index in [9.17, 15) is 0 Å². The molecule has 0 aliphatic carbocycles. The predicted molar refractivity (Wildman–Crippen MR) is 84.3 cm³/mol. The number of rotatable bonds is 3. The number of hydrogen-bond acceptors (Lipinski definition) is 3. The number of aromatic nitrogens is 2. The van der Waals surface area contributed by atoms with Gasteiger partial charge in [0.2, 0.25) is 0 Å². The number of fused-ring (bicyclic) bond motifs is 2. The molecule has 0 amide bonds. The standard InChI is InChI=1S/C17H28N4/c1-17(6-8-18-11-17)12-21-14-3-4-15(21)10-13(9-14)16-5-7-19-20(16)2/h5,7,13-15,18H,3-4,6,8-12H2,1-2H3. The van der Waals surface area contributed by atoms with Crippen LogP contribution in [0.15, 0.2) is 12.3 Å². The maximum Gasteiger partial charge on any atom is 0.0492 e. The number of piperidine rings is 1. The summed E-state index contributed by atoms with van der Waals surface area (Å²) in [5.41, 5.74) is 1.94. The zero-order valence-corrected chi connectivity index (χ0v) is 13.4. The first-order chi connectivity index (χ1) is 10.1. The minimum atomic E-state index is 0.500. The van der Waals surface area contributed by atoms with E-state index in [1.807, 2.05) is 6.20 Å². The average Bonchev–Trinajstić information content (AvgIpc) is 3.11. The molecule has 4 nitrogen and oxygen atoms in total. The molecule has 3 unspecified atom stereocenters. The van der Waals surface area contributed by atoms with E-state index in [1.54, 1.807) is 0 Å². The lowest BCUT2D eigenvalue weighted by Gasteiger charge is -2.42. The summed E-state index contributed by atoms with van der Waals surface area (Å²) >= 11 is 0. The van der Waals surface area contributed by atoms with Crippen molar-refractivity contribution >= 4 is 0 Å². The molecule has 3 saturated heterocycles. The zero-order valence-electron chi connectivity index (χ0n) is 13.4. The van der Waals surface area contributed by atoms with Gasteiger partial charge in [0.1, 0.15) is 0 Å². The van der Waals surface area contributed by atoms with Gasteiger partial charge in [-0.15, -0.1) is 0 Å². The average molecular weight is 288 g/mol. The summed E-state index contributed by atoms with van der Waals surface area (Å²) in [6, 6.07) is 3.84. The van der Waals surface area contributed by atoms with Crippen molar-refractivity contribution in [2.75, 3.05) is 19.6 Å². The Morgan fingerprint density at radius 2 is 2.10 bits per heavy atom. The molecule has 4 heterocycles. The second-order valence-corrected chi connectivity index (χ2v) is 7.84. The molecule has 3 aliphatic rings. The van der Waals surface area contributed by atoms with Crippen LogP contribution in [0.2, 0.25) is 0 Å². The van der Waals surface area contributed by atoms with Crippen LogP contribution in [0, 0.1) is 5.41 Å². The fourth-order valence-electron chi connectivity index (χ4n) is 5.00. The van der Waals surface area contributed by atoms with Gasteiger partial charge in [0.05, 0.1) is 0 Å². The summed E-state index contributed by atoms with van der Waals surface area (Å²) in [4.78, 5) is 2.86. The van der Waals surface area contributed by atoms with E-state index in [1.165, 1.54) is 57.4 Å². The van der Waals surface area contributed by atoms with E-state index in [0.717, 1.165) is 18.0 Å². The van der Waals surface area contributed by atoms with Crippen LogP contribution in [0.25, 0.3) is 0 Å². The highest BCUT2D eigenvalue weighted by molar-refractivity contribution is 5.13. The van der Waals surface area contributed by atoms with Crippen LogP contribution in [0.3, 0.4) is 0 Å². The fraction of sp³-hybridized carbons (Fsp3) is 0.824. The van der Waals surface area contributed by atoms with Crippen LogP contribution in [0.1, 0.15) is 50.6 Å². The maximum absolute atomic E-state index is 4.37. The van der Waals surface area contributed by atoms with Crippen molar-refractivity contribution in [2.24, 2.45) is 12.5 Å². The normalized spacial score (nSPS) is 40.0. The molecular formula is C17H28N4. The Balaban J connectivity index is 1.48. The molecule has 0 saturated carbocycles. The Morgan fingerprint density at radius 1 is 1.33 bits per heavy atom. The Morgan fingerprint density at radius 3 is 2.67 bits per heavy atom. The smallest absolute Gasteiger partial charge is 0.0492 e. The molecule has 0 spiro atoms. The van der Waals surface area contributed by atoms with Gasteiger partial charge in [-0.1, -0.05) is 6.92 Å². The first-order valence-corrected chi connectivity index (χ1v) is 8.59. The van der Waals surface area contributed by atoms with Crippen LogP contribution in [0.4, 0.5) is 0 Å². The summed E-state index contributed by atoms with van der Waals surface area (Å²) in [6.45, 7) is 6.18. The van der Waals surface area contributed by atoms with Gasteiger partial charge in [0.25, 0.3) is 0 Å². The molecule has 3 atom stereocenters. The van der Waals surface area contributed by atoms with Gasteiger partial charge in [0, 0.05) is 50.0 Å². The Kier molecular flexibility index (Phi) is 3.34. The minimum Gasteiger partial charge on any atom is -0.316 e. The van der Waals surface area contributed by atoms with Crippen molar-refractivity contribution in [1.82, 2.24) is 20.0 Å². The van der Waals surface area contributed by atoms with Crippen molar-refractivity contribution in [3.63, 3.8) is 0 Å². The van der Waals surface area contributed by atoms with Crippen molar-refractivity contribution in [1.29, 1.82) is 0 Å². The molecule has 4 rings (SSSR count). The van der Waals surface area contributed by atoms with E-state index < -0.39 is 0 Å². The number of hydrogen-bond donors (Lipinski definition) is 1. The molecule has 0 radical (unpaired) electrons. The lowest BCUT2D eigenvalue weighted by Crippen LogP contribution is -2.48. The number of aryl methyl sites for hydroxylation is 1. The molecular weight excluding hydrogens is 260 g/mol. The Hall–Kier alpha value is -0.870. The first kappa shape index (κ1) is 13.8. The van der Waals surface area contributed by atoms with Crippen LogP contribution in [-0.2, 0) is 7.05 Å². The highest BCUT2D eigenvalue weighted by atomic mass is 15.3. The van der Waals surface area contributed by atoms with Crippen LogP contribution >= 0.6 is 0 Å². The fourth-order valence-corrected chi connectivity index (χ4v) is 5.00. The van der Waals surface area contributed by atoms with Gasteiger partial charge in [-0.05, 0) is 50.1 Å². The van der Waals surface area contributed by atoms with Crippen molar-refractivity contribution in [3.05, 3.63) is 18.0 Å². The summed E-state index contributed by atoms with van der Waals surface area (Å²) in [7, 11) is 2.09. The van der Waals surface area contributed by atoms with E-state index in [-0.39, 0.29) is 0 Å². The zero-order chi connectivity index (χ0) is 14.4. The van der Waals surface area contributed by atoms with E-state index in [4.69, 9.17) is 0 Å². The Bertz CT molecular complexity index is 489. The van der Waals surface area contributed by atoms with E-state index in [0.29, 0.717) is 5.41 Å². The third kappa shape index (κ3) is 2.42. The van der Waals surface area contributed by atoms with E-state index >= 15 is 0 Å². The molecule has 2 bridgehead atoms. The first-order valence-electron chi connectivity index (χ1n) is 8.59. The molecule has 0 aromatic carbocycles. The van der Waals surface area contributed by atoms with Crippen molar-refractivity contribution in [2.45, 2.75) is 57.0 Å². The maximum atomic E-state index is 4.37. The molecule has 4 heteroatoms. The van der Waals surface area contributed by atoms with Gasteiger partial charge in [0.15, 0.2) is 0 Å². The second-order valence-electron chi connectivity index (χ2n) is 7.84. The summed E-state index contributed by atoms with van der Waals surface area (Å²) in [5, 5.41) is 7.92. The molecule has 1 aromatic rings. The van der Waals surface area contributed by atoms with Crippen molar-refractivity contribution < 1.29 is 0 Å². The van der Waals surface area contributed by atoms with Crippen molar-refractivity contribution in [3.8, 4) is 0 Å². The molecule has 3 fully saturated rings. The van der Waals surface area contributed by atoms with Gasteiger partial charge in [-0.25, -0.2) is 0 Å². The summed E-state index contributed by atoms with van der Waals surface area (Å²) in [6.07, 6.45) is 8.77. The molecule has 21 heavy (non-hydrogen) atoms. The lowest BCUT2D eigenvalue weighted by molar-refractivity contribution is 0.0786. The SMILES string of the molecule is Cn1nccc1C1CC2CCC(C1)N2CC1(C)CCNC1. The van der Waals surface area contributed by atoms with Crippen LogP contribution in [-0.4, -0.2) is 46.4 Å². The van der Waals surface area contributed by atoms with Gasteiger partial charge in [-0.3, -0.25) is 9.58 Å². The third-order valence-corrected chi connectivity index (χ3v) is 6.18. The highest BCUT2D eigenvalue weighted by Crippen LogP contribution is 2.44. The largest absolute Gasteiger partial charge is 0.316 e. The Labute approximate surface area is 127 Å². The topological polar surface area (TPSA) is 33.1 Å². The quantitative estimate of drug-likeness (QED) is 0.925. The van der Waals surface area contributed by atoms with Crippen LogP contribution in [0.5, 0.6) is 0 Å². The monoisotopic (exact) mass is 288 g/mol. The van der Waals surface area contributed by atoms with Gasteiger partial charge in [-0.2, -0.15) is 5.10 Å². The van der Waals surface area contributed by atoms with Gasteiger partial charge >= 0.3 is 0 Å². The number of nitrogens with zero attached hydrogens (tertiary/aromatic N) is 3. The molecule has 1 N–H and O–H groups in total. The number of nitrogens with one attached hydrogen (secondary N) is 1. The lowest BCUT2D eigenvalue weighted by atomic mass is 9.84. The molecule has 1 aromatic heterocycles. The van der Waals surface area contributed by atoms with E-state index in [2.05, 4.69) is 40.0 Å². The molecule has 116 valence electrons. The second kappa shape index (κ2) is 5.10. The minimum absolute atomic E-state index is 0.500. The molecule has 3 aliphatic heterocycles.